The molecule has 0 aliphatic rings. The molecule has 4 nitrogen and oxygen atoms in total. The van der Waals surface area contributed by atoms with Crippen molar-refractivity contribution in [1.29, 1.82) is 0 Å². The van der Waals surface area contributed by atoms with E-state index in [1.165, 1.54) is 0 Å². The molecule has 0 saturated heterocycles. The first-order chi connectivity index (χ1) is 9.32. The van der Waals surface area contributed by atoms with Crippen LogP contribution >= 0.6 is 23.2 Å². The van der Waals surface area contributed by atoms with E-state index in [2.05, 4.69) is 0 Å². The summed E-state index contributed by atoms with van der Waals surface area (Å²) < 4.78 is 0. The molecule has 0 spiro atoms. The quantitative estimate of drug-likeness (QED) is 0.839. The van der Waals surface area contributed by atoms with E-state index >= 15 is 0 Å². The standard InChI is InChI=1S/C14H20Cl2N2O2/c1-10(11-5-4-6-12(15)14(11)16)18(9-13(19)20)8-7-17(2)3/h4-6,10H,7-9H2,1-3H3,(H,19,20). The lowest BCUT2D eigenvalue weighted by Gasteiger charge is -2.29. The number of hydrogen-bond donors (Lipinski definition) is 1. The summed E-state index contributed by atoms with van der Waals surface area (Å²) in [6.45, 7) is 3.33. The van der Waals surface area contributed by atoms with Crippen LogP contribution in [0.3, 0.4) is 0 Å². The summed E-state index contributed by atoms with van der Waals surface area (Å²) in [5.74, 6) is -0.853. The number of hydrogen-bond acceptors (Lipinski definition) is 3. The van der Waals surface area contributed by atoms with Gasteiger partial charge in [0.05, 0.1) is 16.6 Å². The highest BCUT2D eigenvalue weighted by Gasteiger charge is 2.21. The summed E-state index contributed by atoms with van der Waals surface area (Å²) in [6, 6.07) is 5.31. The molecule has 0 amide bonds. The van der Waals surface area contributed by atoms with Crippen LogP contribution in [-0.2, 0) is 4.79 Å². The maximum Gasteiger partial charge on any atom is 0.317 e. The molecule has 0 bridgehead atoms. The second kappa shape index (κ2) is 7.84. The molecule has 0 aromatic heterocycles. The van der Waals surface area contributed by atoms with Gasteiger partial charge in [-0.3, -0.25) is 9.69 Å². The maximum atomic E-state index is 11.0. The molecule has 6 heteroatoms. The van der Waals surface area contributed by atoms with Gasteiger partial charge in [-0.05, 0) is 32.6 Å². The molecule has 20 heavy (non-hydrogen) atoms. The Morgan fingerprint density at radius 1 is 1.30 bits per heavy atom. The summed E-state index contributed by atoms with van der Waals surface area (Å²) in [5.41, 5.74) is 0.846. The van der Waals surface area contributed by atoms with Crippen molar-refractivity contribution in [2.24, 2.45) is 0 Å². The molecule has 0 heterocycles. The van der Waals surface area contributed by atoms with Crippen LogP contribution in [0.5, 0.6) is 0 Å². The Labute approximate surface area is 129 Å². The highest BCUT2D eigenvalue weighted by molar-refractivity contribution is 6.42. The SMILES string of the molecule is CC(c1cccc(Cl)c1Cl)N(CCN(C)C)CC(=O)O. The van der Waals surface area contributed by atoms with Gasteiger partial charge in [-0.15, -0.1) is 0 Å². The van der Waals surface area contributed by atoms with Gasteiger partial charge in [0, 0.05) is 19.1 Å². The number of carbonyl (C=O) groups is 1. The topological polar surface area (TPSA) is 43.8 Å². The first-order valence-corrected chi connectivity index (χ1v) is 7.13. The number of nitrogens with zero attached hydrogens (tertiary/aromatic N) is 2. The lowest BCUT2D eigenvalue weighted by molar-refractivity contribution is -0.138. The fourth-order valence-electron chi connectivity index (χ4n) is 1.95. The Bertz CT molecular complexity index is 466. The van der Waals surface area contributed by atoms with E-state index in [1.807, 2.05) is 43.0 Å². The van der Waals surface area contributed by atoms with Gasteiger partial charge in [-0.25, -0.2) is 0 Å². The minimum atomic E-state index is -0.853. The molecule has 0 radical (unpaired) electrons. The van der Waals surface area contributed by atoms with Crippen molar-refractivity contribution in [3.8, 4) is 0 Å². The van der Waals surface area contributed by atoms with Crippen LogP contribution in [0.1, 0.15) is 18.5 Å². The third kappa shape index (κ3) is 4.94. The zero-order valence-corrected chi connectivity index (χ0v) is 13.4. The van der Waals surface area contributed by atoms with Gasteiger partial charge in [0.2, 0.25) is 0 Å². The number of carboxylic acids is 1. The van der Waals surface area contributed by atoms with Crippen molar-refractivity contribution < 1.29 is 9.90 Å². The summed E-state index contributed by atoms with van der Waals surface area (Å²) in [6.07, 6.45) is 0. The molecular weight excluding hydrogens is 299 g/mol. The Kier molecular flexibility index (Phi) is 6.76. The molecular formula is C14H20Cl2N2O2. The van der Waals surface area contributed by atoms with Crippen LogP contribution in [0, 0.1) is 0 Å². The highest BCUT2D eigenvalue weighted by atomic mass is 35.5. The van der Waals surface area contributed by atoms with Gasteiger partial charge in [-0.1, -0.05) is 35.3 Å². The molecule has 1 rings (SSSR count). The first kappa shape index (κ1) is 17.2. The van der Waals surface area contributed by atoms with E-state index in [0.29, 0.717) is 16.6 Å². The third-order valence-electron chi connectivity index (χ3n) is 3.15. The average Bonchev–Trinajstić information content (AvgIpc) is 2.36. The Balaban J connectivity index is 2.93. The van der Waals surface area contributed by atoms with Gasteiger partial charge >= 0.3 is 5.97 Å². The van der Waals surface area contributed by atoms with Gasteiger partial charge in [-0.2, -0.15) is 0 Å². The van der Waals surface area contributed by atoms with Gasteiger partial charge in [0.25, 0.3) is 0 Å². The predicted octanol–water partition coefficient (Wildman–Crippen LogP) is 3.00. The molecule has 0 aliphatic heterocycles. The molecule has 1 unspecified atom stereocenters. The molecule has 112 valence electrons. The zero-order chi connectivity index (χ0) is 15.3. The second-order valence-electron chi connectivity index (χ2n) is 4.99. The van der Waals surface area contributed by atoms with E-state index in [1.54, 1.807) is 6.07 Å². The molecule has 0 fully saturated rings. The highest BCUT2D eigenvalue weighted by Crippen LogP contribution is 2.32. The fraction of sp³-hybridized carbons (Fsp3) is 0.500. The van der Waals surface area contributed by atoms with Crippen LogP contribution in [0.4, 0.5) is 0 Å². The Hall–Kier alpha value is -0.810. The van der Waals surface area contributed by atoms with Crippen LogP contribution in [0.25, 0.3) is 0 Å². The Morgan fingerprint density at radius 2 is 1.95 bits per heavy atom. The molecule has 1 aromatic carbocycles. The molecule has 1 aromatic rings. The average molecular weight is 319 g/mol. The summed E-state index contributed by atoms with van der Waals surface area (Å²) in [4.78, 5) is 14.9. The fourth-order valence-corrected chi connectivity index (χ4v) is 2.42. The maximum absolute atomic E-state index is 11.0. The van der Waals surface area contributed by atoms with Crippen LogP contribution in [-0.4, -0.2) is 54.6 Å². The van der Waals surface area contributed by atoms with Crippen molar-refractivity contribution in [3.63, 3.8) is 0 Å². The second-order valence-corrected chi connectivity index (χ2v) is 5.77. The zero-order valence-electron chi connectivity index (χ0n) is 11.9. The van der Waals surface area contributed by atoms with Crippen LogP contribution in [0.15, 0.2) is 18.2 Å². The van der Waals surface area contributed by atoms with Crippen molar-refractivity contribution in [2.75, 3.05) is 33.7 Å². The summed E-state index contributed by atoms with van der Waals surface area (Å²) in [7, 11) is 3.91. The van der Waals surface area contributed by atoms with Crippen LogP contribution in [0.2, 0.25) is 10.0 Å². The number of aliphatic carboxylic acids is 1. The molecule has 0 saturated carbocycles. The predicted molar refractivity (Wildman–Crippen MR) is 82.6 cm³/mol. The lowest BCUT2D eigenvalue weighted by atomic mass is 10.1. The molecule has 1 atom stereocenters. The molecule has 1 N–H and O–H groups in total. The van der Waals surface area contributed by atoms with E-state index < -0.39 is 5.97 Å². The summed E-state index contributed by atoms with van der Waals surface area (Å²) in [5, 5.41) is 10.0. The monoisotopic (exact) mass is 318 g/mol. The van der Waals surface area contributed by atoms with E-state index in [9.17, 15) is 4.79 Å². The van der Waals surface area contributed by atoms with E-state index in [-0.39, 0.29) is 12.6 Å². The van der Waals surface area contributed by atoms with Gasteiger partial charge in [0.15, 0.2) is 0 Å². The minimum absolute atomic E-state index is 0.0299. The Morgan fingerprint density at radius 3 is 2.50 bits per heavy atom. The van der Waals surface area contributed by atoms with Crippen molar-refractivity contribution in [1.82, 2.24) is 9.80 Å². The summed E-state index contributed by atoms with van der Waals surface area (Å²) >= 11 is 12.2. The normalized spacial score (nSPS) is 12.9. The van der Waals surface area contributed by atoms with E-state index in [0.717, 1.165) is 12.1 Å². The smallest absolute Gasteiger partial charge is 0.317 e. The van der Waals surface area contributed by atoms with Crippen LogP contribution < -0.4 is 0 Å². The van der Waals surface area contributed by atoms with Crippen molar-refractivity contribution in [3.05, 3.63) is 33.8 Å². The molecule has 0 aliphatic carbocycles. The van der Waals surface area contributed by atoms with E-state index in [4.69, 9.17) is 28.3 Å². The number of likely N-dealkylation sites (N-methyl/N-ethyl adjacent to an activating group) is 1. The van der Waals surface area contributed by atoms with Crippen molar-refractivity contribution in [2.45, 2.75) is 13.0 Å². The number of carboxylic acid groups (broad SMARTS) is 1. The minimum Gasteiger partial charge on any atom is -0.480 e. The van der Waals surface area contributed by atoms with Crippen molar-refractivity contribution >= 4 is 29.2 Å². The number of halogens is 2. The number of benzene rings is 1. The lowest BCUT2D eigenvalue weighted by Crippen LogP contribution is -2.37. The van der Waals surface area contributed by atoms with Gasteiger partial charge in [0.1, 0.15) is 0 Å². The van der Waals surface area contributed by atoms with Gasteiger partial charge < -0.3 is 10.0 Å². The largest absolute Gasteiger partial charge is 0.480 e. The third-order valence-corrected chi connectivity index (χ3v) is 3.99. The first-order valence-electron chi connectivity index (χ1n) is 6.37. The number of rotatable bonds is 7.